The van der Waals surface area contributed by atoms with Gasteiger partial charge in [-0.05, 0) is 6.92 Å². The summed E-state index contributed by atoms with van der Waals surface area (Å²) in [6.45, 7) is 4.66. The molecule has 76 valence electrons. The summed E-state index contributed by atoms with van der Waals surface area (Å²) in [6, 6.07) is 0. The number of likely N-dealkylation sites (tertiary alicyclic amines) is 1. The molecule has 1 heterocycles. The smallest absolute Gasteiger partial charge is 0.223 e. The minimum atomic E-state index is 0.108. The van der Waals surface area contributed by atoms with Crippen LogP contribution < -0.4 is 0 Å². The van der Waals surface area contributed by atoms with Gasteiger partial charge in [-0.25, -0.2) is 0 Å². The lowest BCUT2D eigenvalue weighted by molar-refractivity contribution is -0.128. The Kier molecular flexibility index (Phi) is 4.18. The largest absolute Gasteiger partial charge is 0.396 e. The monoisotopic (exact) mass is 187 g/mol. The van der Waals surface area contributed by atoms with Crippen LogP contribution in [0.15, 0.2) is 0 Å². The summed E-state index contributed by atoms with van der Waals surface area (Å²) in [5.74, 6) is 0.271. The maximum absolute atomic E-state index is 11.3. The van der Waals surface area contributed by atoms with Crippen LogP contribution in [0.1, 0.15) is 13.3 Å². The quantitative estimate of drug-likeness (QED) is 0.610. The number of carbonyl (C=O) groups excluding carboxylic acids is 1. The molecule has 4 nitrogen and oxygen atoms in total. The molecule has 13 heavy (non-hydrogen) atoms. The van der Waals surface area contributed by atoms with E-state index in [1.165, 1.54) is 0 Å². The Hall–Kier alpha value is -0.610. The number of hydrogen-bond acceptors (Lipinski definition) is 3. The highest BCUT2D eigenvalue weighted by Crippen LogP contribution is 2.16. The van der Waals surface area contributed by atoms with E-state index >= 15 is 0 Å². The molecule has 1 rings (SSSR count). The standard InChI is InChI=1S/C9H17NO3/c1-2-13-4-3-10-6-8(7-11)5-9(10)12/h8,11H,2-7H2,1H3. The van der Waals surface area contributed by atoms with Crippen molar-refractivity contribution in [2.75, 3.05) is 32.9 Å². The van der Waals surface area contributed by atoms with Crippen molar-refractivity contribution < 1.29 is 14.6 Å². The first kappa shape index (κ1) is 10.5. The number of aliphatic hydroxyl groups is 1. The number of ether oxygens (including phenoxy) is 1. The topological polar surface area (TPSA) is 49.8 Å². The molecule has 1 aliphatic rings. The third kappa shape index (κ3) is 2.97. The molecule has 1 fully saturated rings. The van der Waals surface area contributed by atoms with E-state index in [9.17, 15) is 4.79 Å². The second-order valence-corrected chi connectivity index (χ2v) is 3.29. The van der Waals surface area contributed by atoms with Gasteiger partial charge in [0.25, 0.3) is 0 Å². The number of nitrogens with zero attached hydrogens (tertiary/aromatic N) is 1. The van der Waals surface area contributed by atoms with Gasteiger partial charge in [-0.2, -0.15) is 0 Å². The molecule has 1 N–H and O–H groups in total. The summed E-state index contributed by atoms with van der Waals surface area (Å²) < 4.78 is 5.16. The number of aliphatic hydroxyl groups excluding tert-OH is 1. The predicted octanol–water partition coefficient (Wildman–Crippen LogP) is -0.136. The van der Waals surface area contributed by atoms with Gasteiger partial charge in [0.1, 0.15) is 0 Å². The molecule has 1 amide bonds. The number of hydrogen-bond donors (Lipinski definition) is 1. The molecule has 0 aromatic carbocycles. The zero-order chi connectivity index (χ0) is 9.68. The van der Waals surface area contributed by atoms with Crippen LogP contribution in [0.3, 0.4) is 0 Å². The van der Waals surface area contributed by atoms with Crippen LogP contribution in [0, 0.1) is 5.92 Å². The fourth-order valence-electron chi connectivity index (χ4n) is 1.51. The van der Waals surface area contributed by atoms with Crippen molar-refractivity contribution >= 4 is 5.91 Å². The van der Waals surface area contributed by atoms with E-state index in [4.69, 9.17) is 9.84 Å². The van der Waals surface area contributed by atoms with Gasteiger partial charge in [0.15, 0.2) is 0 Å². The summed E-state index contributed by atoms with van der Waals surface area (Å²) in [4.78, 5) is 13.1. The lowest BCUT2D eigenvalue weighted by Gasteiger charge is -2.15. The summed E-state index contributed by atoms with van der Waals surface area (Å²) in [5, 5.41) is 8.86. The molecule has 0 aromatic heterocycles. The Bertz CT molecular complexity index is 172. The van der Waals surface area contributed by atoms with E-state index in [0.717, 1.165) is 0 Å². The van der Waals surface area contributed by atoms with E-state index in [0.29, 0.717) is 32.7 Å². The van der Waals surface area contributed by atoms with E-state index < -0.39 is 0 Å². The summed E-state index contributed by atoms with van der Waals surface area (Å²) in [5.41, 5.74) is 0. The van der Waals surface area contributed by atoms with Crippen LogP contribution in [0.5, 0.6) is 0 Å². The lowest BCUT2D eigenvalue weighted by Crippen LogP contribution is -2.29. The first-order valence-corrected chi connectivity index (χ1v) is 4.74. The Morgan fingerprint density at radius 3 is 3.00 bits per heavy atom. The third-order valence-electron chi connectivity index (χ3n) is 2.26. The second kappa shape index (κ2) is 5.19. The Balaban J connectivity index is 2.23. The molecule has 0 radical (unpaired) electrons. The van der Waals surface area contributed by atoms with Crippen molar-refractivity contribution in [1.82, 2.24) is 4.90 Å². The van der Waals surface area contributed by atoms with E-state index in [1.807, 2.05) is 6.92 Å². The summed E-state index contributed by atoms with van der Waals surface area (Å²) >= 11 is 0. The predicted molar refractivity (Wildman–Crippen MR) is 48.3 cm³/mol. The highest BCUT2D eigenvalue weighted by atomic mass is 16.5. The van der Waals surface area contributed by atoms with Gasteiger partial charge in [-0.1, -0.05) is 0 Å². The molecule has 1 unspecified atom stereocenters. The highest BCUT2D eigenvalue weighted by Gasteiger charge is 2.28. The minimum absolute atomic E-state index is 0.108. The van der Waals surface area contributed by atoms with Crippen molar-refractivity contribution in [2.24, 2.45) is 5.92 Å². The van der Waals surface area contributed by atoms with Crippen LogP contribution in [-0.4, -0.2) is 48.8 Å². The first-order chi connectivity index (χ1) is 6.27. The van der Waals surface area contributed by atoms with Crippen LogP contribution in [0.25, 0.3) is 0 Å². The van der Waals surface area contributed by atoms with Crippen molar-refractivity contribution in [3.8, 4) is 0 Å². The minimum Gasteiger partial charge on any atom is -0.396 e. The average molecular weight is 187 g/mol. The Morgan fingerprint density at radius 2 is 2.46 bits per heavy atom. The molecule has 0 saturated carbocycles. The highest BCUT2D eigenvalue weighted by molar-refractivity contribution is 5.78. The Labute approximate surface area is 78.5 Å². The zero-order valence-electron chi connectivity index (χ0n) is 8.03. The average Bonchev–Trinajstić information content (AvgIpc) is 2.48. The summed E-state index contributed by atoms with van der Waals surface area (Å²) in [6.07, 6.45) is 0.489. The van der Waals surface area contributed by atoms with Crippen molar-refractivity contribution in [1.29, 1.82) is 0 Å². The molecule has 0 spiro atoms. The van der Waals surface area contributed by atoms with Crippen molar-refractivity contribution in [3.05, 3.63) is 0 Å². The van der Waals surface area contributed by atoms with Gasteiger partial charge in [-0.15, -0.1) is 0 Å². The molecule has 0 aliphatic carbocycles. The van der Waals surface area contributed by atoms with E-state index in [2.05, 4.69) is 0 Å². The van der Waals surface area contributed by atoms with Gasteiger partial charge in [0.2, 0.25) is 5.91 Å². The van der Waals surface area contributed by atoms with Crippen molar-refractivity contribution in [3.63, 3.8) is 0 Å². The van der Waals surface area contributed by atoms with Crippen molar-refractivity contribution in [2.45, 2.75) is 13.3 Å². The van der Waals surface area contributed by atoms with Crippen LogP contribution >= 0.6 is 0 Å². The second-order valence-electron chi connectivity index (χ2n) is 3.29. The van der Waals surface area contributed by atoms with E-state index in [-0.39, 0.29) is 18.4 Å². The maximum atomic E-state index is 11.3. The molecule has 1 aliphatic heterocycles. The lowest BCUT2D eigenvalue weighted by atomic mass is 10.1. The molecule has 0 aromatic rings. The summed E-state index contributed by atoms with van der Waals surface area (Å²) in [7, 11) is 0. The molecule has 1 saturated heterocycles. The molecular formula is C9H17NO3. The number of amides is 1. The molecule has 1 atom stereocenters. The van der Waals surface area contributed by atoms with Crippen LogP contribution in [0.2, 0.25) is 0 Å². The number of rotatable bonds is 5. The fraction of sp³-hybridized carbons (Fsp3) is 0.889. The molecular weight excluding hydrogens is 170 g/mol. The van der Waals surface area contributed by atoms with Gasteiger partial charge in [0.05, 0.1) is 6.61 Å². The van der Waals surface area contributed by atoms with Gasteiger partial charge < -0.3 is 14.7 Å². The SMILES string of the molecule is CCOCCN1CC(CO)CC1=O. The number of carbonyl (C=O) groups is 1. The molecule has 0 bridgehead atoms. The van der Waals surface area contributed by atoms with E-state index in [1.54, 1.807) is 4.90 Å². The van der Waals surface area contributed by atoms with Crippen LogP contribution in [-0.2, 0) is 9.53 Å². The van der Waals surface area contributed by atoms with Crippen LogP contribution in [0.4, 0.5) is 0 Å². The normalized spacial score (nSPS) is 22.8. The van der Waals surface area contributed by atoms with Gasteiger partial charge in [0, 0.05) is 38.6 Å². The zero-order valence-corrected chi connectivity index (χ0v) is 8.03. The van der Waals surface area contributed by atoms with Gasteiger partial charge >= 0.3 is 0 Å². The van der Waals surface area contributed by atoms with Gasteiger partial charge in [-0.3, -0.25) is 4.79 Å². The maximum Gasteiger partial charge on any atom is 0.223 e. The Morgan fingerprint density at radius 1 is 1.69 bits per heavy atom. The fourth-order valence-corrected chi connectivity index (χ4v) is 1.51. The third-order valence-corrected chi connectivity index (χ3v) is 2.26. The molecule has 4 heteroatoms. The first-order valence-electron chi connectivity index (χ1n) is 4.74.